The van der Waals surface area contributed by atoms with Gasteiger partial charge in [0.1, 0.15) is 12.6 Å². The lowest BCUT2D eigenvalue weighted by Crippen LogP contribution is -2.54. The van der Waals surface area contributed by atoms with Crippen molar-refractivity contribution in [2.24, 2.45) is 0 Å². The summed E-state index contributed by atoms with van der Waals surface area (Å²) in [5, 5.41) is 3.66. The number of nitrogens with zero attached hydrogens (tertiary/aromatic N) is 2. The summed E-state index contributed by atoms with van der Waals surface area (Å²) < 4.78 is 29.8. The molecule has 4 aromatic carbocycles. The van der Waals surface area contributed by atoms with Crippen molar-refractivity contribution in [1.82, 2.24) is 10.2 Å². The van der Waals surface area contributed by atoms with E-state index in [1.165, 1.54) is 9.21 Å². The van der Waals surface area contributed by atoms with Crippen molar-refractivity contribution in [3.63, 3.8) is 0 Å². The van der Waals surface area contributed by atoms with Crippen LogP contribution in [0.25, 0.3) is 0 Å². The number of carbonyl (C=O) groups is 2. The number of benzene rings is 4. The van der Waals surface area contributed by atoms with Crippen molar-refractivity contribution in [2.75, 3.05) is 10.8 Å². The quantitative estimate of drug-likeness (QED) is 0.173. The highest BCUT2D eigenvalue weighted by Gasteiger charge is 2.36. The molecule has 0 aromatic heterocycles. The molecule has 1 atom stereocenters. The first kappa shape index (κ1) is 34.2. The second-order valence-corrected chi connectivity index (χ2v) is 14.7. The molecule has 1 fully saturated rings. The van der Waals surface area contributed by atoms with Crippen LogP contribution < -0.4 is 9.62 Å². The Balaban J connectivity index is 1.59. The van der Waals surface area contributed by atoms with Crippen LogP contribution in [0, 0.1) is 20.8 Å². The Kier molecular flexibility index (Phi) is 11.0. The minimum absolute atomic E-state index is 0.0272. The molecule has 0 heterocycles. The summed E-state index contributed by atoms with van der Waals surface area (Å²) in [4.78, 5) is 30.5. The van der Waals surface area contributed by atoms with Crippen molar-refractivity contribution in [3.8, 4) is 0 Å². The highest BCUT2D eigenvalue weighted by molar-refractivity contribution is 7.92. The summed E-state index contributed by atoms with van der Waals surface area (Å²) in [6.45, 7) is 5.17. The predicted octanol–water partition coefficient (Wildman–Crippen LogP) is 7.16. The van der Waals surface area contributed by atoms with Crippen molar-refractivity contribution in [1.29, 1.82) is 0 Å². The van der Waals surface area contributed by atoms with E-state index in [0.29, 0.717) is 21.8 Å². The van der Waals surface area contributed by atoms with Gasteiger partial charge in [0.05, 0.1) is 10.6 Å². The van der Waals surface area contributed by atoms with E-state index in [1.807, 2.05) is 81.4 Å². The van der Waals surface area contributed by atoms with Gasteiger partial charge in [-0.15, -0.1) is 0 Å². The van der Waals surface area contributed by atoms with Crippen LogP contribution in [0.15, 0.2) is 102 Å². The van der Waals surface area contributed by atoms with Gasteiger partial charge in [0, 0.05) is 24.0 Å². The number of nitrogens with one attached hydrogen (secondary N) is 1. The van der Waals surface area contributed by atoms with Gasteiger partial charge in [-0.1, -0.05) is 108 Å². The predicted molar refractivity (Wildman–Crippen MR) is 188 cm³/mol. The normalized spacial score (nSPS) is 14.0. The molecule has 0 aliphatic heterocycles. The van der Waals surface area contributed by atoms with Crippen LogP contribution in [0.5, 0.6) is 0 Å². The van der Waals surface area contributed by atoms with Crippen LogP contribution in [0.3, 0.4) is 0 Å². The van der Waals surface area contributed by atoms with Gasteiger partial charge in [0.15, 0.2) is 0 Å². The summed E-state index contributed by atoms with van der Waals surface area (Å²) in [5.41, 5.74) is 4.55. The smallest absolute Gasteiger partial charge is 0.264 e. The molecule has 5 rings (SSSR count). The van der Waals surface area contributed by atoms with Crippen molar-refractivity contribution in [2.45, 2.75) is 76.4 Å². The molecule has 1 saturated carbocycles. The van der Waals surface area contributed by atoms with Crippen LogP contribution in [0.1, 0.15) is 53.5 Å². The first-order chi connectivity index (χ1) is 22.5. The van der Waals surface area contributed by atoms with Crippen LogP contribution in [-0.4, -0.2) is 43.8 Å². The molecule has 0 radical (unpaired) electrons. The zero-order valence-corrected chi connectivity index (χ0v) is 28.7. The number of halogens is 1. The molecule has 4 aromatic rings. The lowest BCUT2D eigenvalue weighted by atomic mass is 10.0. The standard InChI is InChI=1S/C38H42ClN3O4S/c1-27-17-20-33(21-18-27)47(45,46)42(35-22-19-28(2)23-29(35)3)26-37(43)41(25-31-13-7-10-16-34(31)39)36(24-30-11-5-4-6-12-30)38(44)40-32-14-8-9-15-32/h4-7,10-13,16-23,32,36H,8-9,14-15,24-26H2,1-3H3,(H,40,44). The van der Waals surface area contributed by atoms with Crippen LogP contribution >= 0.6 is 11.6 Å². The fourth-order valence-electron chi connectivity index (χ4n) is 6.17. The number of sulfonamides is 1. The van der Waals surface area contributed by atoms with Crippen molar-refractivity contribution in [3.05, 3.63) is 130 Å². The van der Waals surface area contributed by atoms with E-state index < -0.39 is 28.5 Å². The second-order valence-electron chi connectivity index (χ2n) is 12.4. The Morgan fingerprint density at radius 3 is 2.15 bits per heavy atom. The van der Waals surface area contributed by atoms with E-state index in [9.17, 15) is 18.0 Å². The number of hydrogen-bond donors (Lipinski definition) is 1. The van der Waals surface area contributed by atoms with Gasteiger partial charge in [-0.3, -0.25) is 13.9 Å². The van der Waals surface area contributed by atoms with Gasteiger partial charge in [-0.05, 0) is 74.6 Å². The van der Waals surface area contributed by atoms with E-state index in [0.717, 1.165) is 42.4 Å². The van der Waals surface area contributed by atoms with Crippen molar-refractivity contribution < 1.29 is 18.0 Å². The minimum atomic E-state index is -4.18. The number of anilines is 1. The molecule has 1 aliphatic rings. The van der Waals surface area contributed by atoms with E-state index in [1.54, 1.807) is 36.4 Å². The van der Waals surface area contributed by atoms with E-state index in [4.69, 9.17) is 11.6 Å². The Hall–Kier alpha value is -4.14. The molecule has 0 spiro atoms. The van der Waals surface area contributed by atoms with Gasteiger partial charge < -0.3 is 10.2 Å². The Labute approximate surface area is 283 Å². The summed E-state index contributed by atoms with van der Waals surface area (Å²) >= 11 is 6.61. The molecule has 1 unspecified atom stereocenters. The van der Waals surface area contributed by atoms with Crippen LogP contribution in [-0.2, 0) is 32.6 Å². The lowest BCUT2D eigenvalue weighted by Gasteiger charge is -2.35. The first-order valence-corrected chi connectivity index (χ1v) is 17.9. The lowest BCUT2D eigenvalue weighted by molar-refractivity contribution is -0.140. The Morgan fingerprint density at radius 2 is 1.49 bits per heavy atom. The monoisotopic (exact) mass is 671 g/mol. The molecular formula is C38H42ClN3O4S. The third-order valence-corrected chi connectivity index (χ3v) is 10.9. The molecule has 0 saturated heterocycles. The Bertz CT molecular complexity index is 1810. The third kappa shape index (κ3) is 8.42. The van der Waals surface area contributed by atoms with Gasteiger partial charge >= 0.3 is 0 Å². The fourth-order valence-corrected chi connectivity index (χ4v) is 7.84. The van der Waals surface area contributed by atoms with Gasteiger partial charge in [0.25, 0.3) is 10.0 Å². The summed E-state index contributed by atoms with van der Waals surface area (Å²) in [6.07, 6.45) is 4.11. The number of amides is 2. The summed E-state index contributed by atoms with van der Waals surface area (Å²) in [7, 11) is -4.18. The van der Waals surface area contributed by atoms with Crippen LogP contribution in [0.2, 0.25) is 5.02 Å². The minimum Gasteiger partial charge on any atom is -0.352 e. The molecule has 9 heteroatoms. The maximum atomic E-state index is 14.7. The Morgan fingerprint density at radius 1 is 0.851 bits per heavy atom. The number of aryl methyl sites for hydroxylation is 3. The number of hydrogen-bond acceptors (Lipinski definition) is 4. The highest BCUT2D eigenvalue weighted by Crippen LogP contribution is 2.29. The third-order valence-electron chi connectivity index (χ3n) is 8.78. The molecule has 47 heavy (non-hydrogen) atoms. The van der Waals surface area contributed by atoms with Gasteiger partial charge in [-0.25, -0.2) is 8.42 Å². The highest BCUT2D eigenvalue weighted by atomic mass is 35.5. The molecule has 1 N–H and O–H groups in total. The average molecular weight is 672 g/mol. The zero-order chi connectivity index (χ0) is 33.6. The topological polar surface area (TPSA) is 86.8 Å². The summed E-state index contributed by atoms with van der Waals surface area (Å²) in [6, 6.07) is 27.9. The maximum Gasteiger partial charge on any atom is 0.264 e. The van der Waals surface area contributed by atoms with Crippen LogP contribution in [0.4, 0.5) is 5.69 Å². The molecule has 1 aliphatic carbocycles. The van der Waals surface area contributed by atoms with E-state index in [-0.39, 0.29) is 29.8 Å². The van der Waals surface area contributed by atoms with Gasteiger partial charge in [-0.2, -0.15) is 0 Å². The van der Waals surface area contributed by atoms with E-state index >= 15 is 0 Å². The van der Waals surface area contributed by atoms with Crippen molar-refractivity contribution >= 4 is 39.1 Å². The second kappa shape index (κ2) is 15.2. The van der Waals surface area contributed by atoms with E-state index in [2.05, 4.69) is 5.32 Å². The molecule has 2 amide bonds. The molecule has 246 valence electrons. The first-order valence-electron chi connectivity index (χ1n) is 16.1. The largest absolute Gasteiger partial charge is 0.352 e. The van der Waals surface area contributed by atoms with Gasteiger partial charge in [0.2, 0.25) is 11.8 Å². The number of rotatable bonds is 12. The number of carbonyl (C=O) groups excluding carboxylic acids is 2. The zero-order valence-electron chi connectivity index (χ0n) is 27.2. The average Bonchev–Trinajstić information content (AvgIpc) is 3.56. The maximum absolute atomic E-state index is 14.7. The summed E-state index contributed by atoms with van der Waals surface area (Å²) in [5.74, 6) is -0.774. The molecule has 7 nitrogen and oxygen atoms in total. The SMILES string of the molecule is Cc1ccc(S(=O)(=O)N(CC(=O)N(Cc2ccccc2Cl)C(Cc2ccccc2)C(=O)NC2CCCC2)c2ccc(C)cc2C)cc1. The fraction of sp³-hybridized carbons (Fsp3) is 0.316. The molecular weight excluding hydrogens is 630 g/mol. The molecule has 0 bridgehead atoms.